The highest BCUT2D eigenvalue weighted by Crippen LogP contribution is 2.38. The molecule has 0 bridgehead atoms. The van der Waals surface area contributed by atoms with Crippen LogP contribution in [0.1, 0.15) is 76.6 Å². The van der Waals surface area contributed by atoms with E-state index in [9.17, 15) is 0 Å². The van der Waals surface area contributed by atoms with Gasteiger partial charge in [-0.1, -0.05) is 19.9 Å². The lowest BCUT2D eigenvalue weighted by molar-refractivity contribution is 0.358. The summed E-state index contributed by atoms with van der Waals surface area (Å²) in [5, 5.41) is 4.73. The maximum Gasteiger partial charge on any atom is 0.197 e. The molecule has 1 unspecified atom stereocenters. The zero-order chi connectivity index (χ0) is 16.8. The number of hydrogen-bond acceptors (Lipinski definition) is 4. The molecule has 5 nitrogen and oxygen atoms in total. The zero-order valence-electron chi connectivity index (χ0n) is 14.6. The summed E-state index contributed by atoms with van der Waals surface area (Å²) in [6.45, 7) is 10.5. The topological polar surface area (TPSA) is 69.9 Å². The fourth-order valence-corrected chi connectivity index (χ4v) is 3.00. The number of aromatic nitrogens is 3. The molecular weight excluding hydrogens is 288 g/mol. The summed E-state index contributed by atoms with van der Waals surface area (Å²) in [5.41, 5.74) is 8.28. The molecule has 0 spiro atoms. The number of oxazole rings is 1. The van der Waals surface area contributed by atoms with Crippen LogP contribution in [0.4, 0.5) is 5.82 Å². The molecule has 1 atom stereocenters. The first-order chi connectivity index (χ1) is 10.8. The molecule has 3 rings (SSSR count). The summed E-state index contributed by atoms with van der Waals surface area (Å²) < 4.78 is 7.77. The second kappa shape index (κ2) is 5.55. The number of rotatable bonds is 3. The van der Waals surface area contributed by atoms with Crippen LogP contribution in [0.15, 0.2) is 22.8 Å². The van der Waals surface area contributed by atoms with Gasteiger partial charge in [-0.15, -0.1) is 0 Å². The molecule has 1 aliphatic rings. The van der Waals surface area contributed by atoms with Gasteiger partial charge in [-0.2, -0.15) is 5.10 Å². The molecule has 124 valence electrons. The average Bonchev–Trinajstić information content (AvgIpc) is 3.15. The van der Waals surface area contributed by atoms with Crippen LogP contribution in [0.5, 0.6) is 0 Å². The number of nitrogen functional groups attached to an aromatic ring is 1. The van der Waals surface area contributed by atoms with E-state index in [4.69, 9.17) is 15.2 Å². The van der Waals surface area contributed by atoms with Crippen LogP contribution in [0.2, 0.25) is 0 Å². The number of anilines is 1. The van der Waals surface area contributed by atoms with Gasteiger partial charge in [0.05, 0.1) is 17.4 Å². The van der Waals surface area contributed by atoms with Crippen molar-refractivity contribution < 1.29 is 4.42 Å². The normalized spacial score (nSPS) is 18.7. The fraction of sp³-hybridized carbons (Fsp3) is 0.556. The van der Waals surface area contributed by atoms with Crippen molar-refractivity contribution in [2.24, 2.45) is 0 Å². The molecule has 2 aromatic rings. The van der Waals surface area contributed by atoms with E-state index in [1.165, 1.54) is 5.57 Å². The van der Waals surface area contributed by atoms with Crippen molar-refractivity contribution in [2.45, 2.75) is 64.8 Å². The monoisotopic (exact) mass is 314 g/mol. The Morgan fingerprint density at radius 1 is 1.35 bits per heavy atom. The van der Waals surface area contributed by atoms with Crippen LogP contribution >= 0.6 is 0 Å². The Labute approximate surface area is 137 Å². The van der Waals surface area contributed by atoms with Gasteiger partial charge < -0.3 is 10.2 Å². The first-order valence-electron chi connectivity index (χ1n) is 8.28. The van der Waals surface area contributed by atoms with E-state index in [0.717, 1.165) is 36.0 Å². The highest BCUT2D eigenvalue weighted by Gasteiger charge is 2.26. The van der Waals surface area contributed by atoms with Gasteiger partial charge >= 0.3 is 0 Å². The van der Waals surface area contributed by atoms with Crippen molar-refractivity contribution in [3.63, 3.8) is 0 Å². The Morgan fingerprint density at radius 2 is 2.09 bits per heavy atom. The first-order valence-corrected chi connectivity index (χ1v) is 8.28. The zero-order valence-corrected chi connectivity index (χ0v) is 14.6. The van der Waals surface area contributed by atoms with Crippen molar-refractivity contribution in [3.05, 3.63) is 35.7 Å². The summed E-state index contributed by atoms with van der Waals surface area (Å²) in [4.78, 5) is 4.36. The van der Waals surface area contributed by atoms with Crippen LogP contribution < -0.4 is 5.73 Å². The van der Waals surface area contributed by atoms with Crippen LogP contribution in [-0.4, -0.2) is 14.8 Å². The van der Waals surface area contributed by atoms with Crippen molar-refractivity contribution >= 4 is 11.4 Å². The lowest BCUT2D eigenvalue weighted by Crippen LogP contribution is -2.24. The third-order valence-corrected chi connectivity index (χ3v) is 4.23. The lowest BCUT2D eigenvalue weighted by atomic mass is 10.1. The van der Waals surface area contributed by atoms with Gasteiger partial charge in [0.2, 0.25) is 0 Å². The van der Waals surface area contributed by atoms with Gasteiger partial charge in [0, 0.05) is 17.9 Å². The Balaban J connectivity index is 1.84. The molecule has 1 aliphatic carbocycles. The predicted molar refractivity (Wildman–Crippen MR) is 92.2 cm³/mol. The predicted octanol–water partition coefficient (Wildman–Crippen LogP) is 4.29. The van der Waals surface area contributed by atoms with Gasteiger partial charge in [-0.05, 0) is 39.2 Å². The molecule has 23 heavy (non-hydrogen) atoms. The smallest absolute Gasteiger partial charge is 0.197 e. The SMILES string of the molecule is CC(C)c1ncc(C2=CC(c3cc(N)n(C(C)(C)C)n3)CC2)o1. The molecule has 5 heteroatoms. The van der Waals surface area contributed by atoms with E-state index >= 15 is 0 Å². The minimum atomic E-state index is -0.107. The van der Waals surface area contributed by atoms with E-state index in [1.54, 1.807) is 0 Å². The Bertz CT molecular complexity index is 731. The van der Waals surface area contributed by atoms with Gasteiger partial charge in [-0.3, -0.25) is 0 Å². The Kier molecular flexibility index (Phi) is 3.82. The number of nitrogens with two attached hydrogens (primary N) is 1. The van der Waals surface area contributed by atoms with Crippen molar-refractivity contribution in [1.82, 2.24) is 14.8 Å². The van der Waals surface area contributed by atoms with Crippen LogP contribution in [-0.2, 0) is 5.54 Å². The lowest BCUT2D eigenvalue weighted by Gasteiger charge is -2.20. The maximum atomic E-state index is 6.13. The van der Waals surface area contributed by atoms with Gasteiger partial charge in [0.25, 0.3) is 0 Å². The average molecular weight is 314 g/mol. The summed E-state index contributed by atoms with van der Waals surface area (Å²) in [5.74, 6) is 3.01. The standard InChI is InChI=1S/C18H26N4O/c1-11(2)17-20-10-15(23-17)13-7-6-12(8-13)14-9-16(19)22(21-14)18(3,4)5/h8-12H,6-7,19H2,1-5H3. The molecule has 0 amide bonds. The fourth-order valence-electron chi connectivity index (χ4n) is 3.00. The largest absolute Gasteiger partial charge is 0.441 e. The van der Waals surface area contributed by atoms with Crippen LogP contribution in [0.25, 0.3) is 5.57 Å². The molecule has 0 fully saturated rings. The van der Waals surface area contributed by atoms with Crippen LogP contribution in [0, 0.1) is 0 Å². The Morgan fingerprint density at radius 3 is 2.65 bits per heavy atom. The summed E-state index contributed by atoms with van der Waals surface area (Å²) in [7, 11) is 0. The van der Waals surface area contributed by atoms with Gasteiger partial charge in [0.1, 0.15) is 11.6 Å². The van der Waals surface area contributed by atoms with E-state index < -0.39 is 0 Å². The molecule has 0 radical (unpaired) electrons. The summed E-state index contributed by atoms with van der Waals surface area (Å²) in [6.07, 6.45) is 6.11. The second-order valence-electron chi connectivity index (χ2n) is 7.63. The number of nitrogens with zero attached hydrogens (tertiary/aromatic N) is 3. The maximum absolute atomic E-state index is 6.13. The molecule has 2 N–H and O–H groups in total. The highest BCUT2D eigenvalue weighted by atomic mass is 16.4. The van der Waals surface area contributed by atoms with E-state index in [1.807, 2.05) is 16.9 Å². The van der Waals surface area contributed by atoms with E-state index in [2.05, 4.69) is 45.7 Å². The quantitative estimate of drug-likeness (QED) is 0.917. The third kappa shape index (κ3) is 3.05. The minimum absolute atomic E-state index is 0.107. The third-order valence-electron chi connectivity index (χ3n) is 4.23. The van der Waals surface area contributed by atoms with Gasteiger partial charge in [-0.25, -0.2) is 9.67 Å². The molecule has 0 aliphatic heterocycles. The van der Waals surface area contributed by atoms with Gasteiger partial charge in [0.15, 0.2) is 5.89 Å². The van der Waals surface area contributed by atoms with Crippen molar-refractivity contribution in [3.8, 4) is 0 Å². The van der Waals surface area contributed by atoms with Crippen LogP contribution in [0.3, 0.4) is 0 Å². The first kappa shape index (κ1) is 15.8. The van der Waals surface area contributed by atoms with E-state index in [0.29, 0.717) is 11.8 Å². The summed E-state index contributed by atoms with van der Waals surface area (Å²) >= 11 is 0. The molecule has 2 heterocycles. The molecule has 0 aromatic carbocycles. The van der Waals surface area contributed by atoms with E-state index in [-0.39, 0.29) is 5.54 Å². The Hall–Kier alpha value is -2.04. The van der Waals surface area contributed by atoms with Crippen molar-refractivity contribution in [2.75, 3.05) is 5.73 Å². The molecular formula is C18H26N4O. The number of allylic oxidation sites excluding steroid dienone is 2. The number of hydrogen-bond donors (Lipinski definition) is 1. The second-order valence-corrected chi connectivity index (χ2v) is 7.63. The summed E-state index contributed by atoms with van der Waals surface area (Å²) in [6, 6.07) is 2.00. The van der Waals surface area contributed by atoms with Crippen molar-refractivity contribution in [1.29, 1.82) is 0 Å². The molecule has 0 saturated heterocycles. The highest BCUT2D eigenvalue weighted by molar-refractivity contribution is 5.64. The molecule has 0 saturated carbocycles. The minimum Gasteiger partial charge on any atom is -0.441 e. The molecule has 2 aromatic heterocycles.